The number of H-pyrrole nitrogens is 1. The van der Waals surface area contributed by atoms with E-state index < -0.39 is 12.1 Å². The standard InChI is InChI=1S/C21H18ClNO4/c1-13(21(26)17-12-23-18-5-3-2-4-16(17)18)27-20(25)11-10-19(24)14-6-8-15(22)9-7-14/h2-9,12-13,23H,10-11H2,1H3/t13-/m0/s1. The second kappa shape index (κ2) is 8.18. The molecule has 0 saturated carbocycles. The number of aromatic nitrogens is 1. The Morgan fingerprint density at radius 1 is 1.04 bits per heavy atom. The number of halogens is 1. The van der Waals surface area contributed by atoms with E-state index in [9.17, 15) is 14.4 Å². The fourth-order valence-corrected chi connectivity index (χ4v) is 2.93. The molecular weight excluding hydrogens is 366 g/mol. The van der Waals surface area contributed by atoms with Crippen LogP contribution in [-0.4, -0.2) is 28.6 Å². The molecule has 0 aliphatic rings. The van der Waals surface area contributed by atoms with Gasteiger partial charge in [-0.1, -0.05) is 29.8 Å². The van der Waals surface area contributed by atoms with Crippen LogP contribution in [0, 0.1) is 0 Å². The van der Waals surface area contributed by atoms with Crippen LogP contribution in [0.2, 0.25) is 5.02 Å². The first-order chi connectivity index (χ1) is 13.0. The number of esters is 1. The summed E-state index contributed by atoms with van der Waals surface area (Å²) in [7, 11) is 0. The molecule has 5 nitrogen and oxygen atoms in total. The predicted octanol–water partition coefficient (Wildman–Crippen LogP) is 4.60. The summed E-state index contributed by atoms with van der Waals surface area (Å²) in [5.41, 5.74) is 1.80. The van der Waals surface area contributed by atoms with E-state index in [1.54, 1.807) is 30.5 Å². The number of carbonyl (C=O) groups is 3. The summed E-state index contributed by atoms with van der Waals surface area (Å²) in [4.78, 5) is 39.7. The van der Waals surface area contributed by atoms with Gasteiger partial charge in [0, 0.05) is 39.7 Å². The smallest absolute Gasteiger partial charge is 0.306 e. The lowest BCUT2D eigenvalue weighted by atomic mass is 10.1. The molecule has 6 heteroatoms. The van der Waals surface area contributed by atoms with Crippen molar-refractivity contribution in [3.8, 4) is 0 Å². The topological polar surface area (TPSA) is 76.2 Å². The Balaban J connectivity index is 1.56. The molecule has 0 radical (unpaired) electrons. The summed E-state index contributed by atoms with van der Waals surface area (Å²) in [5, 5.41) is 1.32. The molecule has 1 N–H and O–H groups in total. The van der Waals surface area contributed by atoms with Crippen molar-refractivity contribution in [2.45, 2.75) is 25.9 Å². The van der Waals surface area contributed by atoms with Crippen LogP contribution in [0.3, 0.4) is 0 Å². The van der Waals surface area contributed by atoms with Crippen molar-refractivity contribution in [1.29, 1.82) is 0 Å². The number of para-hydroxylation sites is 1. The molecule has 3 rings (SSSR count). The van der Waals surface area contributed by atoms with E-state index in [1.165, 1.54) is 6.92 Å². The van der Waals surface area contributed by atoms with Crippen LogP contribution in [0.1, 0.15) is 40.5 Å². The van der Waals surface area contributed by atoms with Crippen molar-refractivity contribution in [3.05, 3.63) is 70.9 Å². The summed E-state index contributed by atoms with van der Waals surface area (Å²) < 4.78 is 5.21. The zero-order valence-electron chi connectivity index (χ0n) is 14.7. The molecule has 0 aliphatic heterocycles. The molecule has 0 spiro atoms. The number of nitrogens with one attached hydrogen (secondary N) is 1. The molecule has 0 saturated heterocycles. The van der Waals surface area contributed by atoms with E-state index >= 15 is 0 Å². The third-order valence-electron chi connectivity index (χ3n) is 4.25. The summed E-state index contributed by atoms with van der Waals surface area (Å²) in [6.45, 7) is 1.53. The van der Waals surface area contributed by atoms with Gasteiger partial charge in [-0.05, 0) is 37.3 Å². The highest BCUT2D eigenvalue weighted by Gasteiger charge is 2.22. The number of aromatic amines is 1. The maximum absolute atomic E-state index is 12.6. The number of benzene rings is 2. The van der Waals surface area contributed by atoms with Gasteiger partial charge in [0.2, 0.25) is 5.78 Å². The minimum absolute atomic E-state index is 0.00839. The average Bonchev–Trinajstić information content (AvgIpc) is 3.10. The third-order valence-corrected chi connectivity index (χ3v) is 4.51. The molecule has 0 bridgehead atoms. The number of ketones is 2. The lowest BCUT2D eigenvalue weighted by Crippen LogP contribution is -2.24. The highest BCUT2D eigenvalue weighted by Crippen LogP contribution is 2.20. The van der Waals surface area contributed by atoms with Gasteiger partial charge in [-0.25, -0.2) is 0 Å². The van der Waals surface area contributed by atoms with Gasteiger partial charge in [0.25, 0.3) is 0 Å². The van der Waals surface area contributed by atoms with E-state index in [-0.39, 0.29) is 24.4 Å². The van der Waals surface area contributed by atoms with Gasteiger partial charge in [-0.3, -0.25) is 14.4 Å². The van der Waals surface area contributed by atoms with Gasteiger partial charge in [0.05, 0.1) is 6.42 Å². The Morgan fingerprint density at radius 2 is 1.74 bits per heavy atom. The van der Waals surface area contributed by atoms with E-state index in [0.717, 1.165) is 10.9 Å². The number of ether oxygens (including phenoxy) is 1. The molecule has 0 amide bonds. The quantitative estimate of drug-likeness (QED) is 0.478. The van der Waals surface area contributed by atoms with Gasteiger partial charge in [-0.2, -0.15) is 0 Å². The fraction of sp³-hybridized carbons (Fsp3) is 0.190. The molecule has 3 aromatic rings. The predicted molar refractivity (Wildman–Crippen MR) is 103 cm³/mol. The number of Topliss-reactive ketones (excluding diaryl/α,β-unsaturated/α-hetero) is 2. The number of carbonyl (C=O) groups excluding carboxylic acids is 3. The molecule has 0 aliphatic carbocycles. The van der Waals surface area contributed by atoms with Crippen molar-refractivity contribution >= 4 is 40.0 Å². The summed E-state index contributed by atoms with van der Waals surface area (Å²) >= 11 is 5.79. The van der Waals surface area contributed by atoms with Crippen LogP contribution >= 0.6 is 11.6 Å². The normalized spacial score (nSPS) is 11.9. The zero-order valence-corrected chi connectivity index (χ0v) is 15.5. The molecule has 0 fully saturated rings. The number of hydrogen-bond acceptors (Lipinski definition) is 4. The molecular formula is C21H18ClNO4. The van der Waals surface area contributed by atoms with E-state index in [2.05, 4.69) is 4.98 Å². The lowest BCUT2D eigenvalue weighted by molar-refractivity contribution is -0.146. The minimum Gasteiger partial charge on any atom is -0.454 e. The summed E-state index contributed by atoms with van der Waals surface area (Å²) in [6.07, 6.45) is 0.602. The second-order valence-corrected chi connectivity index (χ2v) is 6.61. The first-order valence-electron chi connectivity index (χ1n) is 8.54. The SMILES string of the molecule is C[C@H](OC(=O)CCC(=O)c1ccc(Cl)cc1)C(=O)c1c[nH]c2ccccc12. The summed E-state index contributed by atoms with van der Waals surface area (Å²) in [6, 6.07) is 13.9. The van der Waals surface area contributed by atoms with Crippen molar-refractivity contribution in [1.82, 2.24) is 4.98 Å². The Hall–Kier alpha value is -2.92. The Bertz CT molecular complexity index is 991. The molecule has 0 unspecified atom stereocenters. The van der Waals surface area contributed by atoms with E-state index in [1.807, 2.05) is 24.3 Å². The fourth-order valence-electron chi connectivity index (χ4n) is 2.80. The van der Waals surface area contributed by atoms with E-state index in [0.29, 0.717) is 16.1 Å². The van der Waals surface area contributed by atoms with Gasteiger partial charge >= 0.3 is 5.97 Å². The summed E-state index contributed by atoms with van der Waals surface area (Å²) in [5.74, 6) is -1.05. The average molecular weight is 384 g/mol. The second-order valence-electron chi connectivity index (χ2n) is 6.17. The maximum atomic E-state index is 12.6. The first-order valence-corrected chi connectivity index (χ1v) is 8.92. The molecule has 1 atom stereocenters. The van der Waals surface area contributed by atoms with E-state index in [4.69, 9.17) is 16.3 Å². The number of fused-ring (bicyclic) bond motifs is 1. The lowest BCUT2D eigenvalue weighted by Gasteiger charge is -2.11. The van der Waals surface area contributed by atoms with Gasteiger partial charge in [0.15, 0.2) is 11.9 Å². The van der Waals surface area contributed by atoms with Gasteiger partial charge < -0.3 is 9.72 Å². The Morgan fingerprint density at radius 3 is 2.48 bits per heavy atom. The molecule has 2 aromatic carbocycles. The minimum atomic E-state index is -0.928. The molecule has 1 aromatic heterocycles. The van der Waals surface area contributed by atoms with Gasteiger partial charge in [0.1, 0.15) is 0 Å². The Labute approximate surface area is 161 Å². The van der Waals surface area contributed by atoms with Crippen LogP contribution < -0.4 is 0 Å². The number of hydrogen-bond donors (Lipinski definition) is 1. The van der Waals surface area contributed by atoms with Crippen molar-refractivity contribution in [3.63, 3.8) is 0 Å². The van der Waals surface area contributed by atoms with Crippen molar-refractivity contribution in [2.24, 2.45) is 0 Å². The van der Waals surface area contributed by atoms with Crippen molar-refractivity contribution in [2.75, 3.05) is 0 Å². The highest BCUT2D eigenvalue weighted by atomic mass is 35.5. The zero-order chi connectivity index (χ0) is 19.4. The highest BCUT2D eigenvalue weighted by molar-refractivity contribution is 6.30. The largest absolute Gasteiger partial charge is 0.454 e. The van der Waals surface area contributed by atoms with Crippen LogP contribution in [0.5, 0.6) is 0 Å². The Kier molecular flexibility index (Phi) is 5.72. The van der Waals surface area contributed by atoms with Crippen LogP contribution in [0.4, 0.5) is 0 Å². The van der Waals surface area contributed by atoms with Crippen LogP contribution in [0.15, 0.2) is 54.7 Å². The molecule has 1 heterocycles. The van der Waals surface area contributed by atoms with Gasteiger partial charge in [-0.15, -0.1) is 0 Å². The van der Waals surface area contributed by atoms with Crippen molar-refractivity contribution < 1.29 is 19.1 Å². The van der Waals surface area contributed by atoms with Crippen LogP contribution in [-0.2, 0) is 9.53 Å². The molecule has 138 valence electrons. The monoisotopic (exact) mass is 383 g/mol. The number of rotatable bonds is 7. The first kappa shape index (κ1) is 18.9. The van der Waals surface area contributed by atoms with Crippen LogP contribution in [0.25, 0.3) is 10.9 Å². The third kappa shape index (κ3) is 4.44. The molecule has 27 heavy (non-hydrogen) atoms. The maximum Gasteiger partial charge on any atom is 0.306 e.